The minimum Gasteiger partial charge on any atom is -0.371 e. The minimum absolute atomic E-state index is 0. The molecule has 4 heteroatoms. The summed E-state index contributed by atoms with van der Waals surface area (Å²) >= 11 is 0. The Hall–Kier alpha value is -0.440. The van der Waals surface area contributed by atoms with Crippen LogP contribution in [0, 0.1) is 5.92 Å². The first-order chi connectivity index (χ1) is 6.90. The van der Waals surface area contributed by atoms with Crippen molar-refractivity contribution in [3.63, 3.8) is 0 Å². The number of halogens is 2. The Labute approximate surface area is 110 Å². The highest BCUT2D eigenvalue weighted by atomic mass is 35.5. The van der Waals surface area contributed by atoms with Gasteiger partial charge >= 0.3 is 0 Å². The molecule has 1 atom stereocenters. The predicted molar refractivity (Wildman–Crippen MR) is 75.2 cm³/mol. The lowest BCUT2D eigenvalue weighted by Gasteiger charge is -2.18. The minimum atomic E-state index is 0. The number of benzene rings is 1. The summed E-state index contributed by atoms with van der Waals surface area (Å²) < 4.78 is 0. The van der Waals surface area contributed by atoms with Crippen LogP contribution < -0.4 is 10.2 Å². The highest BCUT2D eigenvalue weighted by Crippen LogP contribution is 2.22. The largest absolute Gasteiger partial charge is 0.371 e. The number of nitrogens with zero attached hydrogens (tertiary/aromatic N) is 1. The molecule has 92 valence electrons. The van der Waals surface area contributed by atoms with Gasteiger partial charge in [0.2, 0.25) is 0 Å². The average Bonchev–Trinajstić information content (AvgIpc) is 2.68. The molecular formula is C12H20Cl2N2. The predicted octanol–water partition coefficient (Wildman–Crippen LogP) is 2.58. The van der Waals surface area contributed by atoms with Gasteiger partial charge in [0.25, 0.3) is 0 Å². The van der Waals surface area contributed by atoms with Gasteiger partial charge in [-0.3, -0.25) is 0 Å². The van der Waals surface area contributed by atoms with Crippen molar-refractivity contribution in [3.8, 4) is 0 Å². The zero-order valence-electron chi connectivity index (χ0n) is 9.56. The molecule has 0 aliphatic carbocycles. The van der Waals surface area contributed by atoms with Gasteiger partial charge in [-0.2, -0.15) is 0 Å². The van der Waals surface area contributed by atoms with E-state index >= 15 is 0 Å². The Kier molecular flexibility index (Phi) is 7.56. The van der Waals surface area contributed by atoms with Crippen molar-refractivity contribution in [2.75, 3.05) is 31.6 Å². The molecular weight excluding hydrogens is 243 g/mol. The Morgan fingerprint density at radius 2 is 1.94 bits per heavy atom. The van der Waals surface area contributed by atoms with Crippen molar-refractivity contribution in [3.05, 3.63) is 30.3 Å². The second-order valence-corrected chi connectivity index (χ2v) is 3.99. The lowest BCUT2D eigenvalue weighted by molar-refractivity contribution is 0.549. The lowest BCUT2D eigenvalue weighted by Crippen LogP contribution is -2.24. The summed E-state index contributed by atoms with van der Waals surface area (Å²) in [5.74, 6) is 0.820. The molecule has 0 saturated carbocycles. The molecule has 0 spiro atoms. The van der Waals surface area contributed by atoms with E-state index in [9.17, 15) is 0 Å². The van der Waals surface area contributed by atoms with E-state index in [1.807, 2.05) is 7.05 Å². The van der Waals surface area contributed by atoms with E-state index in [0.717, 1.165) is 12.5 Å². The van der Waals surface area contributed by atoms with Crippen molar-refractivity contribution in [2.24, 2.45) is 5.92 Å². The van der Waals surface area contributed by atoms with Crippen molar-refractivity contribution in [2.45, 2.75) is 6.42 Å². The van der Waals surface area contributed by atoms with Crippen LogP contribution in [0.15, 0.2) is 30.3 Å². The molecule has 1 aliphatic heterocycles. The molecule has 1 fully saturated rings. The zero-order valence-corrected chi connectivity index (χ0v) is 11.2. The van der Waals surface area contributed by atoms with Crippen LogP contribution in [0.4, 0.5) is 5.69 Å². The van der Waals surface area contributed by atoms with Gasteiger partial charge in [-0.25, -0.2) is 0 Å². The van der Waals surface area contributed by atoms with Crippen LogP contribution in [0.25, 0.3) is 0 Å². The third-order valence-electron chi connectivity index (χ3n) is 2.90. The van der Waals surface area contributed by atoms with Crippen molar-refractivity contribution in [1.29, 1.82) is 0 Å². The molecule has 1 unspecified atom stereocenters. The molecule has 0 amide bonds. The van der Waals surface area contributed by atoms with Gasteiger partial charge in [0.1, 0.15) is 0 Å². The third kappa shape index (κ3) is 3.85. The zero-order chi connectivity index (χ0) is 9.80. The monoisotopic (exact) mass is 262 g/mol. The van der Waals surface area contributed by atoms with Crippen molar-refractivity contribution >= 4 is 30.5 Å². The Bertz CT molecular complexity index is 280. The summed E-state index contributed by atoms with van der Waals surface area (Å²) in [5, 5.41) is 3.25. The molecule has 0 bridgehead atoms. The average molecular weight is 263 g/mol. The van der Waals surface area contributed by atoms with Gasteiger partial charge in [0.05, 0.1) is 0 Å². The van der Waals surface area contributed by atoms with E-state index in [-0.39, 0.29) is 24.8 Å². The molecule has 1 saturated heterocycles. The molecule has 1 aliphatic rings. The fourth-order valence-electron chi connectivity index (χ4n) is 2.16. The molecule has 1 heterocycles. The molecule has 1 aromatic rings. The topological polar surface area (TPSA) is 15.3 Å². The first kappa shape index (κ1) is 15.6. The van der Waals surface area contributed by atoms with Crippen molar-refractivity contribution < 1.29 is 0 Å². The summed E-state index contributed by atoms with van der Waals surface area (Å²) in [5.41, 5.74) is 1.37. The summed E-state index contributed by atoms with van der Waals surface area (Å²) in [4.78, 5) is 2.47. The maximum absolute atomic E-state index is 3.25. The summed E-state index contributed by atoms with van der Waals surface area (Å²) in [6.07, 6.45) is 1.32. The summed E-state index contributed by atoms with van der Waals surface area (Å²) in [6, 6.07) is 10.7. The standard InChI is InChI=1S/C12H18N2.2ClH/c1-13-9-11-7-8-14(10-11)12-5-3-2-4-6-12;;/h2-6,11,13H,7-10H2,1H3;2*1H. The van der Waals surface area contributed by atoms with Crippen LogP contribution in [-0.4, -0.2) is 26.7 Å². The lowest BCUT2D eigenvalue weighted by atomic mass is 10.1. The number of rotatable bonds is 3. The highest BCUT2D eigenvalue weighted by Gasteiger charge is 2.21. The van der Waals surface area contributed by atoms with E-state index in [0.29, 0.717) is 0 Å². The van der Waals surface area contributed by atoms with Crippen LogP contribution in [0.2, 0.25) is 0 Å². The van der Waals surface area contributed by atoms with Crippen LogP contribution in [-0.2, 0) is 0 Å². The number of hydrogen-bond donors (Lipinski definition) is 1. The second kappa shape index (κ2) is 7.77. The van der Waals surface area contributed by atoms with Crippen LogP contribution in [0.5, 0.6) is 0 Å². The summed E-state index contributed by atoms with van der Waals surface area (Å²) in [7, 11) is 2.03. The molecule has 1 N–H and O–H groups in total. The molecule has 0 radical (unpaired) electrons. The second-order valence-electron chi connectivity index (χ2n) is 3.99. The Morgan fingerprint density at radius 1 is 1.25 bits per heavy atom. The normalized spacial score (nSPS) is 18.8. The van der Waals surface area contributed by atoms with Crippen molar-refractivity contribution in [1.82, 2.24) is 5.32 Å². The Balaban J connectivity index is 0.00000112. The number of hydrogen-bond acceptors (Lipinski definition) is 2. The van der Waals surface area contributed by atoms with Crippen LogP contribution >= 0.6 is 24.8 Å². The van der Waals surface area contributed by atoms with E-state index < -0.39 is 0 Å². The SMILES string of the molecule is CNCC1CCN(c2ccccc2)C1.Cl.Cl. The quantitative estimate of drug-likeness (QED) is 0.901. The highest BCUT2D eigenvalue weighted by molar-refractivity contribution is 5.85. The third-order valence-corrected chi connectivity index (χ3v) is 2.90. The molecule has 1 aromatic carbocycles. The van der Waals surface area contributed by atoms with Gasteiger partial charge in [0.15, 0.2) is 0 Å². The smallest absolute Gasteiger partial charge is 0.0366 e. The fraction of sp³-hybridized carbons (Fsp3) is 0.500. The van der Waals surface area contributed by atoms with Gasteiger partial charge < -0.3 is 10.2 Å². The number of para-hydroxylation sites is 1. The summed E-state index contributed by atoms with van der Waals surface area (Å²) in [6.45, 7) is 3.55. The van der Waals surface area contributed by atoms with Gasteiger partial charge in [-0.15, -0.1) is 24.8 Å². The first-order valence-electron chi connectivity index (χ1n) is 5.35. The molecule has 16 heavy (non-hydrogen) atoms. The van der Waals surface area contributed by atoms with Gasteiger partial charge in [0, 0.05) is 18.8 Å². The van der Waals surface area contributed by atoms with E-state index in [2.05, 4.69) is 40.5 Å². The maximum atomic E-state index is 3.25. The van der Waals surface area contributed by atoms with E-state index in [1.165, 1.54) is 25.2 Å². The number of anilines is 1. The van der Waals surface area contributed by atoms with E-state index in [1.54, 1.807) is 0 Å². The Morgan fingerprint density at radius 3 is 2.56 bits per heavy atom. The molecule has 2 nitrogen and oxygen atoms in total. The first-order valence-corrected chi connectivity index (χ1v) is 5.35. The molecule has 2 rings (SSSR count). The van der Waals surface area contributed by atoms with Gasteiger partial charge in [-0.1, -0.05) is 18.2 Å². The van der Waals surface area contributed by atoms with Gasteiger partial charge in [-0.05, 0) is 38.1 Å². The molecule has 0 aromatic heterocycles. The number of nitrogens with one attached hydrogen (secondary N) is 1. The van der Waals surface area contributed by atoms with Crippen LogP contribution in [0.1, 0.15) is 6.42 Å². The maximum Gasteiger partial charge on any atom is 0.0366 e. The van der Waals surface area contributed by atoms with Crippen LogP contribution in [0.3, 0.4) is 0 Å². The van der Waals surface area contributed by atoms with E-state index in [4.69, 9.17) is 0 Å². The fourth-order valence-corrected chi connectivity index (χ4v) is 2.16.